The third-order valence-electron chi connectivity index (χ3n) is 4.13. The van der Waals surface area contributed by atoms with E-state index in [9.17, 15) is 4.79 Å². The largest absolute Gasteiger partial charge is 0.372 e. The molecule has 0 aliphatic carbocycles. The van der Waals surface area contributed by atoms with Gasteiger partial charge in [-0.25, -0.2) is 0 Å². The van der Waals surface area contributed by atoms with Crippen LogP contribution in [0.2, 0.25) is 0 Å². The number of hydrogen-bond donors (Lipinski definition) is 1. The average Bonchev–Trinajstić information content (AvgIpc) is 2.38. The first-order chi connectivity index (χ1) is 9.08. The number of amides is 1. The van der Waals surface area contributed by atoms with E-state index in [-0.39, 0.29) is 18.1 Å². The van der Waals surface area contributed by atoms with Gasteiger partial charge in [-0.05, 0) is 33.7 Å². The quantitative estimate of drug-likeness (QED) is 0.801. The van der Waals surface area contributed by atoms with Gasteiger partial charge in [0, 0.05) is 32.2 Å². The molecule has 0 aromatic rings. The van der Waals surface area contributed by atoms with Gasteiger partial charge in [-0.3, -0.25) is 9.69 Å². The number of morpholine rings is 1. The van der Waals surface area contributed by atoms with Crippen molar-refractivity contribution in [2.45, 2.75) is 44.9 Å². The summed E-state index contributed by atoms with van der Waals surface area (Å²) in [4.78, 5) is 16.6. The molecular formula is C14H27N3O2. The van der Waals surface area contributed by atoms with Gasteiger partial charge in [0.25, 0.3) is 0 Å². The highest BCUT2D eigenvalue weighted by molar-refractivity contribution is 5.78. The van der Waals surface area contributed by atoms with E-state index < -0.39 is 0 Å². The van der Waals surface area contributed by atoms with E-state index >= 15 is 0 Å². The number of ether oxygens (including phenoxy) is 1. The van der Waals surface area contributed by atoms with Gasteiger partial charge in [-0.1, -0.05) is 0 Å². The molecule has 0 spiro atoms. The lowest BCUT2D eigenvalue weighted by Gasteiger charge is -2.37. The van der Waals surface area contributed by atoms with Crippen LogP contribution in [0.5, 0.6) is 0 Å². The van der Waals surface area contributed by atoms with Crippen molar-refractivity contribution < 1.29 is 9.53 Å². The summed E-state index contributed by atoms with van der Waals surface area (Å²) in [7, 11) is 2.02. The summed E-state index contributed by atoms with van der Waals surface area (Å²) in [6.45, 7) is 8.14. The molecule has 0 radical (unpaired) electrons. The molecule has 5 heteroatoms. The number of nitrogens with one attached hydrogen (secondary N) is 1. The third-order valence-corrected chi connectivity index (χ3v) is 4.13. The van der Waals surface area contributed by atoms with E-state index in [2.05, 4.69) is 10.2 Å². The maximum Gasteiger partial charge on any atom is 0.236 e. The molecule has 2 fully saturated rings. The minimum absolute atomic E-state index is 0.155. The van der Waals surface area contributed by atoms with Gasteiger partial charge in [0.2, 0.25) is 5.91 Å². The van der Waals surface area contributed by atoms with Gasteiger partial charge < -0.3 is 15.0 Å². The molecule has 0 saturated carbocycles. The lowest BCUT2D eigenvalue weighted by molar-refractivity contribution is -0.144. The molecule has 2 atom stereocenters. The van der Waals surface area contributed by atoms with Gasteiger partial charge in [0.05, 0.1) is 18.8 Å². The Kier molecular flexibility index (Phi) is 5.19. The Hall–Kier alpha value is -0.650. The molecule has 1 N–H and O–H groups in total. The van der Waals surface area contributed by atoms with Crippen molar-refractivity contribution in [3.05, 3.63) is 0 Å². The van der Waals surface area contributed by atoms with Gasteiger partial charge in [0.1, 0.15) is 0 Å². The predicted octanol–water partition coefficient (Wildman–Crippen LogP) is 0.306. The van der Waals surface area contributed by atoms with Gasteiger partial charge in [-0.2, -0.15) is 0 Å². The fourth-order valence-electron chi connectivity index (χ4n) is 3.05. The van der Waals surface area contributed by atoms with Gasteiger partial charge >= 0.3 is 0 Å². The molecule has 0 aromatic heterocycles. The summed E-state index contributed by atoms with van der Waals surface area (Å²) < 4.78 is 5.67. The van der Waals surface area contributed by atoms with Crippen molar-refractivity contribution in [2.75, 3.05) is 39.8 Å². The fourth-order valence-corrected chi connectivity index (χ4v) is 3.05. The first-order valence-electron chi connectivity index (χ1n) is 7.41. The lowest BCUT2D eigenvalue weighted by atomic mass is 10.1. The summed E-state index contributed by atoms with van der Waals surface area (Å²) in [5.74, 6) is 0.255. The lowest BCUT2D eigenvalue weighted by Crippen LogP contribution is -2.52. The van der Waals surface area contributed by atoms with Crippen molar-refractivity contribution in [3.63, 3.8) is 0 Å². The van der Waals surface area contributed by atoms with E-state index in [1.807, 2.05) is 25.8 Å². The maximum absolute atomic E-state index is 12.3. The van der Waals surface area contributed by atoms with E-state index in [1.54, 1.807) is 0 Å². The molecule has 2 rings (SSSR count). The van der Waals surface area contributed by atoms with Crippen LogP contribution in [0.25, 0.3) is 0 Å². The van der Waals surface area contributed by atoms with Crippen molar-refractivity contribution in [3.8, 4) is 0 Å². The Morgan fingerprint density at radius 3 is 2.32 bits per heavy atom. The molecule has 2 heterocycles. The number of carbonyl (C=O) groups excluding carboxylic acids is 1. The number of rotatable bonds is 3. The molecular weight excluding hydrogens is 242 g/mol. The number of likely N-dealkylation sites (tertiary alicyclic amines) is 1. The van der Waals surface area contributed by atoms with Crippen molar-refractivity contribution >= 4 is 5.91 Å². The molecule has 19 heavy (non-hydrogen) atoms. The van der Waals surface area contributed by atoms with Gasteiger partial charge in [0.15, 0.2) is 0 Å². The smallest absolute Gasteiger partial charge is 0.236 e. The first-order valence-corrected chi connectivity index (χ1v) is 7.41. The molecule has 2 aliphatic rings. The third kappa shape index (κ3) is 4.16. The van der Waals surface area contributed by atoms with E-state index in [4.69, 9.17) is 4.74 Å². The Bertz CT molecular complexity index is 293. The number of nitrogens with zero attached hydrogens (tertiary/aromatic N) is 2. The van der Waals surface area contributed by atoms with Crippen molar-refractivity contribution in [1.29, 1.82) is 0 Å². The molecule has 0 aromatic carbocycles. The van der Waals surface area contributed by atoms with Crippen LogP contribution in [-0.4, -0.2) is 73.7 Å². The van der Waals surface area contributed by atoms with Crippen LogP contribution in [-0.2, 0) is 9.53 Å². The molecule has 5 nitrogen and oxygen atoms in total. The second-order valence-electron chi connectivity index (χ2n) is 5.90. The van der Waals surface area contributed by atoms with E-state index in [1.165, 1.54) is 0 Å². The van der Waals surface area contributed by atoms with Crippen LogP contribution in [0.4, 0.5) is 0 Å². The summed E-state index contributed by atoms with van der Waals surface area (Å²) in [5.41, 5.74) is 0. The maximum atomic E-state index is 12.3. The molecule has 1 amide bonds. The first kappa shape index (κ1) is 14.8. The van der Waals surface area contributed by atoms with Crippen LogP contribution in [0.1, 0.15) is 26.7 Å². The highest BCUT2D eigenvalue weighted by Crippen LogP contribution is 2.13. The SMILES string of the molecule is CNC1CCN(CC(=O)N2CC(C)OC(C)C2)CC1. The zero-order valence-corrected chi connectivity index (χ0v) is 12.4. The van der Waals surface area contributed by atoms with E-state index in [0.29, 0.717) is 12.6 Å². The Balaban J connectivity index is 1.78. The number of piperidine rings is 1. The summed E-state index contributed by atoms with van der Waals surface area (Å²) >= 11 is 0. The summed E-state index contributed by atoms with van der Waals surface area (Å²) in [5, 5.41) is 3.31. The zero-order valence-electron chi connectivity index (χ0n) is 12.4. The van der Waals surface area contributed by atoms with Crippen LogP contribution in [0.3, 0.4) is 0 Å². The number of carbonyl (C=O) groups is 1. The highest BCUT2D eigenvalue weighted by Gasteiger charge is 2.27. The molecule has 0 bridgehead atoms. The standard InChI is InChI=1S/C14H27N3O2/c1-11-8-17(9-12(2)19-11)14(18)10-16-6-4-13(15-3)5-7-16/h11-13,15H,4-10H2,1-3H3. The Labute approximate surface area is 116 Å². The van der Waals surface area contributed by atoms with E-state index in [0.717, 1.165) is 39.0 Å². The monoisotopic (exact) mass is 269 g/mol. The molecule has 110 valence electrons. The van der Waals surface area contributed by atoms with Crippen LogP contribution >= 0.6 is 0 Å². The van der Waals surface area contributed by atoms with Crippen molar-refractivity contribution in [2.24, 2.45) is 0 Å². The number of hydrogen-bond acceptors (Lipinski definition) is 4. The molecule has 2 saturated heterocycles. The predicted molar refractivity (Wildman–Crippen MR) is 75.1 cm³/mol. The van der Waals surface area contributed by atoms with Crippen LogP contribution < -0.4 is 5.32 Å². The van der Waals surface area contributed by atoms with Crippen LogP contribution in [0.15, 0.2) is 0 Å². The Morgan fingerprint density at radius 2 is 1.79 bits per heavy atom. The zero-order chi connectivity index (χ0) is 13.8. The van der Waals surface area contributed by atoms with Gasteiger partial charge in [-0.15, -0.1) is 0 Å². The average molecular weight is 269 g/mol. The summed E-state index contributed by atoms with van der Waals surface area (Å²) in [6, 6.07) is 0.620. The highest BCUT2D eigenvalue weighted by atomic mass is 16.5. The fraction of sp³-hybridized carbons (Fsp3) is 0.929. The minimum Gasteiger partial charge on any atom is -0.372 e. The van der Waals surface area contributed by atoms with Crippen LogP contribution in [0, 0.1) is 0 Å². The second-order valence-corrected chi connectivity index (χ2v) is 5.90. The normalized spacial score (nSPS) is 30.6. The minimum atomic E-state index is 0.155. The van der Waals surface area contributed by atoms with Crippen molar-refractivity contribution in [1.82, 2.24) is 15.1 Å². The second kappa shape index (κ2) is 6.68. The topological polar surface area (TPSA) is 44.8 Å². The summed E-state index contributed by atoms with van der Waals surface area (Å²) in [6.07, 6.45) is 2.59. The Morgan fingerprint density at radius 1 is 1.21 bits per heavy atom. The molecule has 2 unspecified atom stereocenters. The molecule has 2 aliphatic heterocycles.